The molecule has 17 heavy (non-hydrogen) atoms. The molecule has 1 aromatic rings. The topological polar surface area (TPSA) is 46.2 Å². The van der Waals surface area contributed by atoms with Crippen LogP contribution in [0.4, 0.5) is 0 Å². The Morgan fingerprint density at radius 1 is 1.53 bits per heavy atom. The number of sulfonamides is 1. The molecule has 3 nitrogen and oxygen atoms in total. The van der Waals surface area contributed by atoms with Crippen LogP contribution in [-0.4, -0.2) is 26.5 Å². The molecule has 0 amide bonds. The molecule has 0 aromatic heterocycles. The van der Waals surface area contributed by atoms with Crippen molar-refractivity contribution in [2.24, 2.45) is 0 Å². The smallest absolute Gasteiger partial charge is 0.210 e. The highest BCUT2D eigenvalue weighted by molar-refractivity contribution is 9.10. The number of nitrogens with one attached hydrogen (secondary N) is 1. The van der Waals surface area contributed by atoms with E-state index < -0.39 is 10.0 Å². The van der Waals surface area contributed by atoms with Crippen LogP contribution in [0.3, 0.4) is 0 Å². The number of hydrogen-bond donors (Lipinski definition) is 1. The highest BCUT2D eigenvalue weighted by Gasteiger charge is 2.18. The van der Waals surface area contributed by atoms with Crippen LogP contribution in [0.15, 0.2) is 27.6 Å². The first-order valence-corrected chi connectivity index (χ1v) is 8.78. The van der Waals surface area contributed by atoms with Gasteiger partial charge in [0.2, 0.25) is 10.0 Å². The molecular weight excluding hydrogens is 346 g/mol. The highest BCUT2D eigenvalue weighted by Crippen LogP contribution is 2.25. The summed E-state index contributed by atoms with van der Waals surface area (Å²) in [7, 11) is -3.53. The number of hydrogen-bond acceptors (Lipinski definition) is 3. The maximum absolute atomic E-state index is 12.0. The van der Waals surface area contributed by atoms with Gasteiger partial charge in [0.05, 0.1) is 5.02 Å². The van der Waals surface area contributed by atoms with E-state index in [4.69, 9.17) is 11.6 Å². The minimum absolute atomic E-state index is 0.107. The van der Waals surface area contributed by atoms with E-state index >= 15 is 0 Å². The van der Waals surface area contributed by atoms with Crippen molar-refractivity contribution in [2.75, 3.05) is 12.8 Å². The predicted octanol–water partition coefficient (Wildman–Crippen LogP) is 3.13. The quantitative estimate of drug-likeness (QED) is 0.879. The molecule has 0 radical (unpaired) electrons. The van der Waals surface area contributed by atoms with E-state index in [-0.39, 0.29) is 15.2 Å². The normalized spacial score (nSPS) is 13.6. The monoisotopic (exact) mass is 357 g/mol. The maximum atomic E-state index is 12.0. The number of benzene rings is 1. The van der Waals surface area contributed by atoms with Gasteiger partial charge in [-0.2, -0.15) is 11.8 Å². The van der Waals surface area contributed by atoms with E-state index in [0.717, 1.165) is 4.47 Å². The number of rotatable bonds is 5. The largest absolute Gasteiger partial charge is 0.242 e. The first-order valence-electron chi connectivity index (χ1n) is 4.84. The van der Waals surface area contributed by atoms with E-state index in [1.54, 1.807) is 23.9 Å². The van der Waals surface area contributed by atoms with Crippen molar-refractivity contribution in [2.45, 2.75) is 17.1 Å². The van der Waals surface area contributed by atoms with Crippen molar-refractivity contribution in [3.63, 3.8) is 0 Å². The minimum atomic E-state index is -3.53. The van der Waals surface area contributed by atoms with Gasteiger partial charge in [-0.1, -0.05) is 34.5 Å². The zero-order valence-electron chi connectivity index (χ0n) is 9.41. The van der Waals surface area contributed by atoms with Crippen molar-refractivity contribution < 1.29 is 8.42 Å². The Labute approximate surface area is 119 Å². The number of halogens is 2. The molecule has 0 aliphatic carbocycles. The molecular formula is C10H13BrClNO2S2. The third-order valence-corrected chi connectivity index (χ3v) is 5.52. The molecule has 1 aromatic carbocycles. The summed E-state index contributed by atoms with van der Waals surface area (Å²) in [4.78, 5) is 0.107. The SMILES string of the molecule is CSC(C)CNS(=O)(=O)c1ccc(Br)cc1Cl. The van der Waals surface area contributed by atoms with Crippen LogP contribution in [0.1, 0.15) is 6.92 Å². The van der Waals surface area contributed by atoms with Gasteiger partial charge in [-0.25, -0.2) is 13.1 Å². The molecule has 0 aliphatic rings. The Hall–Kier alpha value is 0.250. The molecule has 0 bridgehead atoms. The molecule has 1 unspecified atom stereocenters. The molecule has 1 atom stereocenters. The lowest BCUT2D eigenvalue weighted by atomic mass is 10.4. The summed E-state index contributed by atoms with van der Waals surface area (Å²) < 4.78 is 27.2. The van der Waals surface area contributed by atoms with Gasteiger partial charge >= 0.3 is 0 Å². The second-order valence-corrected chi connectivity index (χ2v) is 7.81. The lowest BCUT2D eigenvalue weighted by molar-refractivity contribution is 0.581. The summed E-state index contributed by atoms with van der Waals surface area (Å²) in [6.07, 6.45) is 1.94. The van der Waals surface area contributed by atoms with Crippen LogP contribution in [-0.2, 0) is 10.0 Å². The third-order valence-electron chi connectivity index (χ3n) is 2.15. The summed E-state index contributed by atoms with van der Waals surface area (Å²) in [5.74, 6) is 0. The molecule has 1 rings (SSSR count). The third kappa shape index (κ3) is 4.44. The zero-order valence-corrected chi connectivity index (χ0v) is 13.4. The van der Waals surface area contributed by atoms with E-state index in [2.05, 4.69) is 20.7 Å². The molecule has 0 heterocycles. The average molecular weight is 359 g/mol. The molecule has 0 fully saturated rings. The van der Waals surface area contributed by atoms with Gasteiger partial charge in [0.1, 0.15) is 4.90 Å². The van der Waals surface area contributed by atoms with E-state index in [1.165, 1.54) is 6.07 Å². The first kappa shape index (κ1) is 15.3. The number of thioether (sulfide) groups is 1. The Kier molecular flexibility index (Phi) is 5.79. The molecule has 0 aliphatic heterocycles. The molecule has 1 N–H and O–H groups in total. The molecule has 7 heteroatoms. The van der Waals surface area contributed by atoms with Crippen LogP contribution in [0, 0.1) is 0 Å². The van der Waals surface area contributed by atoms with Crippen LogP contribution >= 0.6 is 39.3 Å². The van der Waals surface area contributed by atoms with E-state index in [0.29, 0.717) is 6.54 Å². The summed E-state index contributed by atoms with van der Waals surface area (Å²) in [6.45, 7) is 2.34. The lowest BCUT2D eigenvalue weighted by Gasteiger charge is -2.11. The van der Waals surface area contributed by atoms with Gasteiger partial charge in [-0.05, 0) is 24.5 Å². The van der Waals surface area contributed by atoms with Gasteiger partial charge in [0, 0.05) is 16.3 Å². The van der Waals surface area contributed by atoms with Gasteiger partial charge in [-0.15, -0.1) is 0 Å². The van der Waals surface area contributed by atoms with Crippen molar-refractivity contribution >= 4 is 49.3 Å². The zero-order chi connectivity index (χ0) is 13.1. The molecule has 0 saturated carbocycles. The predicted molar refractivity (Wildman–Crippen MR) is 77.3 cm³/mol. The first-order chi connectivity index (χ1) is 7.86. The van der Waals surface area contributed by atoms with Crippen LogP contribution in [0.5, 0.6) is 0 Å². The highest BCUT2D eigenvalue weighted by atomic mass is 79.9. The molecule has 0 spiro atoms. The Morgan fingerprint density at radius 3 is 2.71 bits per heavy atom. The lowest BCUT2D eigenvalue weighted by Crippen LogP contribution is -2.29. The molecule has 96 valence electrons. The summed E-state index contributed by atoms with van der Waals surface area (Å²) in [5.41, 5.74) is 0. The van der Waals surface area contributed by atoms with E-state index in [9.17, 15) is 8.42 Å². The van der Waals surface area contributed by atoms with Crippen molar-refractivity contribution in [1.82, 2.24) is 4.72 Å². The Morgan fingerprint density at radius 2 is 2.18 bits per heavy atom. The molecule has 0 saturated heterocycles. The van der Waals surface area contributed by atoms with Crippen molar-refractivity contribution in [1.29, 1.82) is 0 Å². The Balaban J connectivity index is 2.90. The van der Waals surface area contributed by atoms with Crippen LogP contribution in [0.2, 0.25) is 5.02 Å². The van der Waals surface area contributed by atoms with Crippen molar-refractivity contribution in [3.05, 3.63) is 27.7 Å². The summed E-state index contributed by atoms with van der Waals surface area (Å²) >= 11 is 10.7. The fourth-order valence-corrected chi connectivity index (χ4v) is 3.60. The van der Waals surface area contributed by atoms with Gasteiger partial charge < -0.3 is 0 Å². The fraction of sp³-hybridized carbons (Fsp3) is 0.400. The van der Waals surface area contributed by atoms with Crippen molar-refractivity contribution in [3.8, 4) is 0 Å². The van der Waals surface area contributed by atoms with Crippen LogP contribution < -0.4 is 4.72 Å². The van der Waals surface area contributed by atoms with Gasteiger partial charge in [-0.3, -0.25) is 0 Å². The summed E-state index contributed by atoms with van der Waals surface area (Å²) in [6, 6.07) is 4.70. The average Bonchev–Trinajstić information content (AvgIpc) is 2.25. The standard InChI is InChI=1S/C10H13BrClNO2S2/c1-7(16-2)6-13-17(14,15)10-4-3-8(11)5-9(10)12/h3-5,7,13H,6H2,1-2H3. The fourth-order valence-electron chi connectivity index (χ4n) is 1.08. The Bertz CT molecular complexity index is 493. The minimum Gasteiger partial charge on any atom is -0.210 e. The van der Waals surface area contributed by atoms with E-state index in [1.807, 2.05) is 13.2 Å². The van der Waals surface area contributed by atoms with Gasteiger partial charge in [0.25, 0.3) is 0 Å². The second-order valence-electron chi connectivity index (χ2n) is 3.47. The maximum Gasteiger partial charge on any atom is 0.242 e. The summed E-state index contributed by atoms with van der Waals surface area (Å²) in [5, 5.41) is 0.433. The van der Waals surface area contributed by atoms with Gasteiger partial charge in [0.15, 0.2) is 0 Å². The van der Waals surface area contributed by atoms with Crippen LogP contribution in [0.25, 0.3) is 0 Å². The second kappa shape index (κ2) is 6.43.